The number of ether oxygens (including phenoxy) is 1. The number of likely N-dealkylation sites (tertiary alicyclic amines) is 1. The minimum absolute atomic E-state index is 0.130. The highest BCUT2D eigenvalue weighted by Crippen LogP contribution is 2.35. The van der Waals surface area contributed by atoms with Gasteiger partial charge >= 0.3 is 5.97 Å². The highest BCUT2D eigenvalue weighted by molar-refractivity contribution is 6.03. The topological polar surface area (TPSA) is 79.5 Å². The molecule has 142 valence electrons. The van der Waals surface area contributed by atoms with Crippen molar-refractivity contribution in [2.75, 3.05) is 13.2 Å². The molecule has 1 aliphatic heterocycles. The zero-order chi connectivity index (χ0) is 18.8. The minimum Gasteiger partial charge on any atom is -0.452 e. The molecule has 1 amide bonds. The van der Waals surface area contributed by atoms with E-state index in [4.69, 9.17) is 4.74 Å². The van der Waals surface area contributed by atoms with Gasteiger partial charge in [-0.1, -0.05) is 31.0 Å². The number of aromatic nitrogens is 1. The van der Waals surface area contributed by atoms with E-state index in [0.29, 0.717) is 22.9 Å². The van der Waals surface area contributed by atoms with Crippen molar-refractivity contribution in [3.63, 3.8) is 0 Å². The zero-order valence-electron chi connectivity index (χ0n) is 15.3. The summed E-state index contributed by atoms with van der Waals surface area (Å²) in [5.74, 6) is -0.180. The maximum Gasteiger partial charge on any atom is 0.339 e. The summed E-state index contributed by atoms with van der Waals surface area (Å²) in [6.45, 7) is 0.467. The lowest BCUT2D eigenvalue weighted by atomic mass is 9.78. The maximum absolute atomic E-state index is 12.7. The largest absolute Gasteiger partial charge is 0.452 e. The number of fused-ring (bicyclic) bond motifs is 2. The van der Waals surface area contributed by atoms with E-state index >= 15 is 0 Å². The second-order valence-corrected chi connectivity index (χ2v) is 7.51. The van der Waals surface area contributed by atoms with Crippen molar-refractivity contribution >= 4 is 22.8 Å². The summed E-state index contributed by atoms with van der Waals surface area (Å²) < 4.78 is 5.30. The number of nitrogens with one attached hydrogen (secondary N) is 1. The van der Waals surface area contributed by atoms with Crippen molar-refractivity contribution in [3.05, 3.63) is 46.2 Å². The molecule has 0 radical (unpaired) electrons. The van der Waals surface area contributed by atoms with Crippen molar-refractivity contribution < 1.29 is 14.3 Å². The Morgan fingerprint density at radius 3 is 2.78 bits per heavy atom. The van der Waals surface area contributed by atoms with E-state index in [1.165, 1.54) is 25.3 Å². The van der Waals surface area contributed by atoms with Crippen LogP contribution >= 0.6 is 0 Å². The number of amides is 1. The van der Waals surface area contributed by atoms with Crippen LogP contribution in [-0.2, 0) is 9.53 Å². The molecule has 1 saturated carbocycles. The van der Waals surface area contributed by atoms with Crippen LogP contribution in [0.1, 0.15) is 48.9 Å². The number of rotatable bonds is 3. The Labute approximate surface area is 157 Å². The van der Waals surface area contributed by atoms with Crippen LogP contribution in [0, 0.1) is 5.92 Å². The fraction of sp³-hybridized carbons (Fsp3) is 0.476. The molecule has 27 heavy (non-hydrogen) atoms. The van der Waals surface area contributed by atoms with Gasteiger partial charge in [0.05, 0.1) is 5.56 Å². The molecule has 1 aromatic heterocycles. The number of nitrogens with zero attached hydrogens (tertiary/aromatic N) is 1. The Morgan fingerprint density at radius 1 is 1.11 bits per heavy atom. The van der Waals surface area contributed by atoms with Gasteiger partial charge in [0.1, 0.15) is 0 Å². The van der Waals surface area contributed by atoms with Crippen molar-refractivity contribution in [1.29, 1.82) is 0 Å². The highest BCUT2D eigenvalue weighted by atomic mass is 16.5. The lowest BCUT2D eigenvalue weighted by molar-refractivity contribution is -0.140. The van der Waals surface area contributed by atoms with Crippen molar-refractivity contribution in [2.45, 2.75) is 44.6 Å². The summed E-state index contributed by atoms with van der Waals surface area (Å²) in [6, 6.07) is 8.58. The first kappa shape index (κ1) is 17.8. The van der Waals surface area contributed by atoms with Crippen molar-refractivity contribution in [3.8, 4) is 0 Å². The summed E-state index contributed by atoms with van der Waals surface area (Å²) in [4.78, 5) is 41.7. The van der Waals surface area contributed by atoms with Crippen LogP contribution in [0.2, 0.25) is 0 Å². The Kier molecular flexibility index (Phi) is 4.97. The van der Waals surface area contributed by atoms with Gasteiger partial charge in [0.15, 0.2) is 6.61 Å². The molecule has 2 aromatic rings. The second kappa shape index (κ2) is 7.55. The van der Waals surface area contributed by atoms with E-state index < -0.39 is 5.97 Å². The normalized spacial score (nSPS) is 22.3. The van der Waals surface area contributed by atoms with E-state index in [0.717, 1.165) is 25.8 Å². The van der Waals surface area contributed by atoms with Crippen LogP contribution in [-0.4, -0.2) is 41.0 Å². The maximum atomic E-state index is 12.7. The SMILES string of the molecule is O=C(OCC(=O)N1CCC[C@H]2CCCC[C@@H]21)c1cc(=O)[nH]c2ccccc12. The van der Waals surface area contributed by atoms with Gasteiger partial charge in [0, 0.05) is 29.6 Å². The first-order chi connectivity index (χ1) is 13.1. The number of pyridine rings is 1. The Morgan fingerprint density at radius 2 is 1.89 bits per heavy atom. The van der Waals surface area contributed by atoms with E-state index in [9.17, 15) is 14.4 Å². The molecule has 2 atom stereocenters. The standard InChI is InChI=1S/C21H24N2O4/c24-19-12-16(15-8-2-3-9-17(15)22-19)21(26)27-13-20(25)23-11-5-7-14-6-1-4-10-18(14)23/h2-3,8-9,12,14,18H,1,4-7,10-11,13H2,(H,22,24)/t14-,18+/m1/s1. The number of benzene rings is 1. The van der Waals surface area contributed by atoms with E-state index in [-0.39, 0.29) is 23.6 Å². The minimum atomic E-state index is -0.636. The first-order valence-corrected chi connectivity index (χ1v) is 9.72. The highest BCUT2D eigenvalue weighted by Gasteiger charge is 2.35. The van der Waals surface area contributed by atoms with Crippen LogP contribution in [0.4, 0.5) is 0 Å². The van der Waals surface area contributed by atoms with Crippen LogP contribution in [0.3, 0.4) is 0 Å². The van der Waals surface area contributed by atoms with Gasteiger partial charge in [-0.3, -0.25) is 9.59 Å². The van der Waals surface area contributed by atoms with Crippen LogP contribution in [0.15, 0.2) is 35.1 Å². The predicted molar refractivity (Wildman–Crippen MR) is 102 cm³/mol. The average molecular weight is 368 g/mol. The molecule has 1 N–H and O–H groups in total. The number of hydrogen-bond acceptors (Lipinski definition) is 4. The summed E-state index contributed by atoms with van der Waals surface area (Å²) in [5.41, 5.74) is 0.397. The molecule has 4 rings (SSSR count). The molecular formula is C21H24N2O4. The molecule has 2 heterocycles. The van der Waals surface area contributed by atoms with Gasteiger partial charge < -0.3 is 14.6 Å². The number of piperidine rings is 1. The van der Waals surface area contributed by atoms with E-state index in [2.05, 4.69) is 4.98 Å². The first-order valence-electron chi connectivity index (χ1n) is 9.72. The molecule has 0 unspecified atom stereocenters. The summed E-state index contributed by atoms with van der Waals surface area (Å²) in [7, 11) is 0. The van der Waals surface area contributed by atoms with Gasteiger partial charge in [-0.2, -0.15) is 0 Å². The van der Waals surface area contributed by atoms with Gasteiger partial charge in [-0.05, 0) is 37.7 Å². The lowest BCUT2D eigenvalue weighted by Crippen LogP contribution is -2.50. The monoisotopic (exact) mass is 368 g/mol. The number of esters is 1. The number of carbonyl (C=O) groups is 2. The van der Waals surface area contributed by atoms with E-state index in [1.807, 2.05) is 4.90 Å². The third kappa shape index (κ3) is 3.61. The third-order valence-electron chi connectivity index (χ3n) is 5.86. The Bertz CT molecular complexity index is 918. The summed E-state index contributed by atoms with van der Waals surface area (Å²) in [6.07, 6.45) is 6.83. The molecule has 2 fully saturated rings. The lowest BCUT2D eigenvalue weighted by Gasteiger charge is -2.44. The number of para-hydroxylation sites is 1. The smallest absolute Gasteiger partial charge is 0.339 e. The molecule has 1 aliphatic carbocycles. The van der Waals surface area contributed by atoms with Crippen LogP contribution in [0.25, 0.3) is 10.9 Å². The van der Waals surface area contributed by atoms with E-state index in [1.54, 1.807) is 24.3 Å². The van der Waals surface area contributed by atoms with Gasteiger partial charge in [-0.25, -0.2) is 4.79 Å². The zero-order valence-corrected chi connectivity index (χ0v) is 15.3. The number of carbonyl (C=O) groups excluding carboxylic acids is 2. The summed E-state index contributed by atoms with van der Waals surface area (Å²) >= 11 is 0. The molecule has 0 spiro atoms. The quantitative estimate of drug-likeness (QED) is 0.845. The molecule has 1 aromatic carbocycles. The third-order valence-corrected chi connectivity index (χ3v) is 5.86. The number of hydrogen-bond donors (Lipinski definition) is 1. The molecule has 1 saturated heterocycles. The second-order valence-electron chi connectivity index (χ2n) is 7.51. The Balaban J connectivity index is 1.46. The van der Waals surface area contributed by atoms with Crippen LogP contribution < -0.4 is 5.56 Å². The van der Waals surface area contributed by atoms with Gasteiger partial charge in [0.25, 0.3) is 5.91 Å². The molecule has 6 nitrogen and oxygen atoms in total. The van der Waals surface area contributed by atoms with Crippen molar-refractivity contribution in [2.24, 2.45) is 5.92 Å². The molecule has 0 bridgehead atoms. The summed E-state index contributed by atoms with van der Waals surface area (Å²) in [5, 5.41) is 0.611. The average Bonchev–Trinajstić information content (AvgIpc) is 2.70. The fourth-order valence-corrected chi connectivity index (χ4v) is 4.60. The molecule has 2 aliphatic rings. The van der Waals surface area contributed by atoms with Gasteiger partial charge in [0.2, 0.25) is 5.56 Å². The van der Waals surface area contributed by atoms with Crippen LogP contribution in [0.5, 0.6) is 0 Å². The Hall–Kier alpha value is -2.63. The molecule has 6 heteroatoms. The number of aromatic amines is 1. The fourth-order valence-electron chi connectivity index (χ4n) is 4.60. The predicted octanol–water partition coefficient (Wildman–Crippen LogP) is 2.87. The number of H-pyrrole nitrogens is 1. The van der Waals surface area contributed by atoms with Crippen molar-refractivity contribution in [1.82, 2.24) is 9.88 Å². The van der Waals surface area contributed by atoms with Gasteiger partial charge in [-0.15, -0.1) is 0 Å². The molecular weight excluding hydrogens is 344 g/mol.